The standard InChI is InChI=1S/C8H19NOS/c1-5-7-8(3)9(4)11(10)6-2/h8H,5-7H2,1-4H3. The molecule has 0 aliphatic rings. The van der Waals surface area contributed by atoms with Crippen molar-refractivity contribution in [3.05, 3.63) is 0 Å². The molecule has 0 bridgehead atoms. The second kappa shape index (κ2) is 5.86. The first-order chi connectivity index (χ1) is 5.13. The van der Waals surface area contributed by atoms with Crippen molar-refractivity contribution in [2.45, 2.75) is 39.7 Å². The highest BCUT2D eigenvalue weighted by atomic mass is 32.2. The van der Waals surface area contributed by atoms with Gasteiger partial charge in [-0.15, -0.1) is 4.31 Å². The quantitative estimate of drug-likeness (QED) is 0.598. The smallest absolute Gasteiger partial charge is 0.123 e. The van der Waals surface area contributed by atoms with Crippen molar-refractivity contribution in [1.82, 2.24) is 4.31 Å². The minimum absolute atomic E-state index is 0.445. The molecule has 0 rings (SSSR count). The van der Waals surface area contributed by atoms with Gasteiger partial charge in [0.2, 0.25) is 0 Å². The van der Waals surface area contributed by atoms with Gasteiger partial charge in [-0.05, 0) is 20.3 Å². The van der Waals surface area contributed by atoms with Crippen LogP contribution in [0, 0.1) is 0 Å². The minimum Gasteiger partial charge on any atom is -0.598 e. The summed E-state index contributed by atoms with van der Waals surface area (Å²) in [6.45, 7) is 6.22. The Hall–Kier alpha value is 0.270. The van der Waals surface area contributed by atoms with Crippen LogP contribution in [0.4, 0.5) is 0 Å². The molecular formula is C8H19NOS. The van der Waals surface area contributed by atoms with Crippen LogP contribution in [0.2, 0.25) is 0 Å². The van der Waals surface area contributed by atoms with Gasteiger partial charge in [0.15, 0.2) is 0 Å². The molecule has 0 spiro atoms. The van der Waals surface area contributed by atoms with Gasteiger partial charge in [0.1, 0.15) is 5.75 Å². The van der Waals surface area contributed by atoms with Crippen molar-refractivity contribution >= 4 is 11.4 Å². The summed E-state index contributed by atoms with van der Waals surface area (Å²) < 4.78 is 13.2. The van der Waals surface area contributed by atoms with Gasteiger partial charge in [0.25, 0.3) is 0 Å². The molecule has 0 aliphatic carbocycles. The maximum atomic E-state index is 11.3. The van der Waals surface area contributed by atoms with E-state index < -0.39 is 11.4 Å². The number of nitrogens with zero attached hydrogens (tertiary/aromatic N) is 1. The van der Waals surface area contributed by atoms with Gasteiger partial charge < -0.3 is 4.55 Å². The van der Waals surface area contributed by atoms with E-state index in [9.17, 15) is 4.55 Å². The van der Waals surface area contributed by atoms with E-state index in [1.165, 1.54) is 0 Å². The summed E-state index contributed by atoms with van der Waals surface area (Å²) in [5.41, 5.74) is 0. The summed E-state index contributed by atoms with van der Waals surface area (Å²) in [5.74, 6) is 0.727. The highest BCUT2D eigenvalue weighted by molar-refractivity contribution is 7.89. The fourth-order valence-electron chi connectivity index (χ4n) is 1.00. The summed E-state index contributed by atoms with van der Waals surface area (Å²) in [5, 5.41) is 0. The van der Waals surface area contributed by atoms with Crippen molar-refractivity contribution in [1.29, 1.82) is 0 Å². The van der Waals surface area contributed by atoms with Crippen LogP contribution in [-0.4, -0.2) is 27.7 Å². The molecule has 0 heterocycles. The van der Waals surface area contributed by atoms with Crippen LogP contribution in [0.15, 0.2) is 0 Å². The Labute approximate surface area is 73.3 Å². The fraction of sp³-hybridized carbons (Fsp3) is 1.00. The predicted octanol–water partition coefficient (Wildman–Crippen LogP) is 1.79. The molecule has 2 atom stereocenters. The third kappa shape index (κ3) is 3.99. The highest BCUT2D eigenvalue weighted by Crippen LogP contribution is 2.08. The molecule has 2 unspecified atom stereocenters. The zero-order valence-corrected chi connectivity index (χ0v) is 8.78. The summed E-state index contributed by atoms with van der Waals surface area (Å²) in [4.78, 5) is 0. The van der Waals surface area contributed by atoms with E-state index in [1.54, 1.807) is 0 Å². The van der Waals surface area contributed by atoms with Crippen LogP contribution in [-0.2, 0) is 11.4 Å². The summed E-state index contributed by atoms with van der Waals surface area (Å²) in [7, 11) is 1.93. The van der Waals surface area contributed by atoms with Crippen LogP contribution in [0.5, 0.6) is 0 Å². The average molecular weight is 177 g/mol. The lowest BCUT2D eigenvalue weighted by atomic mass is 10.2. The van der Waals surface area contributed by atoms with Crippen molar-refractivity contribution in [3.8, 4) is 0 Å². The van der Waals surface area contributed by atoms with E-state index in [0.717, 1.165) is 18.6 Å². The lowest BCUT2D eigenvalue weighted by Gasteiger charge is -2.24. The molecule has 2 nitrogen and oxygen atoms in total. The second-order valence-electron chi connectivity index (χ2n) is 2.79. The van der Waals surface area contributed by atoms with Crippen LogP contribution >= 0.6 is 0 Å². The molecule has 0 aromatic heterocycles. The van der Waals surface area contributed by atoms with Crippen molar-refractivity contribution in [2.75, 3.05) is 12.8 Å². The Balaban J connectivity index is 3.70. The van der Waals surface area contributed by atoms with E-state index in [0.29, 0.717) is 6.04 Å². The van der Waals surface area contributed by atoms with Crippen molar-refractivity contribution < 1.29 is 4.55 Å². The molecule has 0 saturated carbocycles. The van der Waals surface area contributed by atoms with E-state index in [-0.39, 0.29) is 0 Å². The van der Waals surface area contributed by atoms with Crippen LogP contribution in [0.1, 0.15) is 33.6 Å². The molecular weight excluding hydrogens is 158 g/mol. The fourth-order valence-corrected chi connectivity index (χ4v) is 1.92. The Kier molecular flexibility index (Phi) is 6.01. The van der Waals surface area contributed by atoms with Crippen molar-refractivity contribution in [2.24, 2.45) is 0 Å². The Morgan fingerprint density at radius 2 is 2.00 bits per heavy atom. The molecule has 11 heavy (non-hydrogen) atoms. The van der Waals surface area contributed by atoms with E-state index >= 15 is 0 Å². The zero-order valence-electron chi connectivity index (χ0n) is 7.96. The van der Waals surface area contributed by atoms with Gasteiger partial charge >= 0.3 is 0 Å². The molecule has 0 aromatic carbocycles. The monoisotopic (exact) mass is 177 g/mol. The highest BCUT2D eigenvalue weighted by Gasteiger charge is 2.17. The van der Waals surface area contributed by atoms with Gasteiger partial charge in [0.05, 0.1) is 6.04 Å². The van der Waals surface area contributed by atoms with Crippen LogP contribution in [0.3, 0.4) is 0 Å². The summed E-state index contributed by atoms with van der Waals surface area (Å²) in [6, 6.07) is 0.445. The maximum absolute atomic E-state index is 11.3. The predicted molar refractivity (Wildman–Crippen MR) is 50.8 cm³/mol. The van der Waals surface area contributed by atoms with E-state index in [2.05, 4.69) is 13.8 Å². The normalized spacial score (nSPS) is 16.9. The van der Waals surface area contributed by atoms with E-state index in [4.69, 9.17) is 0 Å². The molecule has 0 aromatic rings. The van der Waals surface area contributed by atoms with Gasteiger partial charge in [-0.2, -0.15) is 0 Å². The number of hydrogen-bond acceptors (Lipinski definition) is 2. The molecule has 0 aliphatic heterocycles. The first-order valence-corrected chi connectivity index (χ1v) is 5.52. The van der Waals surface area contributed by atoms with Gasteiger partial charge in [0, 0.05) is 18.4 Å². The third-order valence-electron chi connectivity index (χ3n) is 1.90. The first kappa shape index (κ1) is 11.3. The summed E-state index contributed by atoms with van der Waals surface area (Å²) in [6.07, 6.45) is 2.29. The maximum Gasteiger partial charge on any atom is 0.123 e. The van der Waals surface area contributed by atoms with E-state index in [1.807, 2.05) is 18.3 Å². The molecule has 0 radical (unpaired) electrons. The Morgan fingerprint density at radius 1 is 1.45 bits per heavy atom. The Bertz CT molecular complexity index is 100. The minimum atomic E-state index is -0.770. The largest absolute Gasteiger partial charge is 0.598 e. The lowest BCUT2D eigenvalue weighted by molar-refractivity contribution is 0.369. The van der Waals surface area contributed by atoms with Gasteiger partial charge in [-0.3, -0.25) is 0 Å². The summed E-state index contributed by atoms with van der Waals surface area (Å²) >= 11 is -0.770. The third-order valence-corrected chi connectivity index (χ3v) is 3.39. The topological polar surface area (TPSA) is 26.3 Å². The molecule has 0 N–H and O–H groups in total. The lowest BCUT2D eigenvalue weighted by Crippen LogP contribution is -2.35. The number of hydrogen-bond donors (Lipinski definition) is 0. The zero-order chi connectivity index (χ0) is 8.85. The molecule has 0 amide bonds. The molecule has 0 fully saturated rings. The van der Waals surface area contributed by atoms with Gasteiger partial charge in [-0.25, -0.2) is 0 Å². The van der Waals surface area contributed by atoms with Gasteiger partial charge in [-0.1, -0.05) is 13.3 Å². The van der Waals surface area contributed by atoms with Crippen LogP contribution in [0.25, 0.3) is 0 Å². The molecule has 3 heteroatoms. The number of rotatable bonds is 5. The van der Waals surface area contributed by atoms with Crippen LogP contribution < -0.4 is 0 Å². The van der Waals surface area contributed by atoms with Crippen molar-refractivity contribution in [3.63, 3.8) is 0 Å². The average Bonchev–Trinajstić information content (AvgIpc) is 2.02. The Morgan fingerprint density at radius 3 is 2.36 bits per heavy atom. The SMILES string of the molecule is CCCC(C)N(C)[S+]([O-])CC. The first-order valence-electron chi connectivity index (χ1n) is 4.24. The second-order valence-corrected chi connectivity index (χ2v) is 4.59. The molecule has 68 valence electrons. The molecule has 0 saturated heterocycles.